The Bertz CT molecular complexity index is 631. The molecule has 0 heterocycles. The van der Waals surface area contributed by atoms with E-state index in [1.165, 1.54) is 37.7 Å². The number of hydrogen-bond donors (Lipinski definition) is 1. The molecular formula is C25H41Br3O. The molecule has 0 aliphatic heterocycles. The van der Waals surface area contributed by atoms with E-state index in [1.807, 2.05) is 0 Å². The van der Waals surface area contributed by atoms with Crippen LogP contribution in [-0.4, -0.2) is 5.11 Å². The van der Waals surface area contributed by atoms with Gasteiger partial charge in [-0.15, -0.1) is 0 Å². The van der Waals surface area contributed by atoms with Crippen LogP contribution in [0.25, 0.3) is 0 Å². The monoisotopic (exact) mass is 594 g/mol. The molecule has 0 saturated carbocycles. The van der Waals surface area contributed by atoms with Crippen molar-refractivity contribution >= 4 is 47.8 Å². The van der Waals surface area contributed by atoms with Gasteiger partial charge in [-0.1, -0.05) is 102 Å². The molecular weight excluding hydrogens is 556 g/mol. The summed E-state index contributed by atoms with van der Waals surface area (Å²) in [5, 5.41) is 12.0. The highest BCUT2D eigenvalue weighted by molar-refractivity contribution is 9.13. The lowest BCUT2D eigenvalue weighted by molar-refractivity contribution is -0.113. The first-order chi connectivity index (χ1) is 13.6. The predicted molar refractivity (Wildman–Crippen MR) is 139 cm³/mol. The molecule has 168 valence electrons. The molecule has 0 aromatic heterocycles. The lowest BCUT2D eigenvalue weighted by atomic mass is 9.65. The lowest BCUT2D eigenvalue weighted by Gasteiger charge is -2.44. The second-order valence-electron chi connectivity index (χ2n) is 9.17. The molecule has 1 atom stereocenters. The number of benzene rings is 1. The second kappa shape index (κ2) is 12.6. The number of rotatable bonds is 9. The molecule has 1 aliphatic rings. The molecule has 1 aromatic carbocycles. The first-order valence-corrected chi connectivity index (χ1v) is 13.9. The maximum absolute atomic E-state index is 12.0. The van der Waals surface area contributed by atoms with Gasteiger partial charge in [-0.25, -0.2) is 0 Å². The lowest BCUT2D eigenvalue weighted by Crippen LogP contribution is -2.45. The molecule has 0 amide bonds. The highest BCUT2D eigenvalue weighted by Crippen LogP contribution is 2.60. The van der Waals surface area contributed by atoms with E-state index in [2.05, 4.69) is 95.4 Å². The van der Waals surface area contributed by atoms with E-state index in [9.17, 15) is 5.11 Å². The molecule has 0 saturated heterocycles. The van der Waals surface area contributed by atoms with Crippen molar-refractivity contribution in [1.82, 2.24) is 0 Å². The van der Waals surface area contributed by atoms with Crippen molar-refractivity contribution in [1.29, 1.82) is 0 Å². The van der Waals surface area contributed by atoms with Gasteiger partial charge in [0.2, 0.25) is 0 Å². The van der Waals surface area contributed by atoms with Gasteiger partial charge in [0.05, 0.1) is 5.60 Å². The maximum Gasteiger partial charge on any atom is 0.0992 e. The zero-order valence-corrected chi connectivity index (χ0v) is 24.1. The predicted octanol–water partition coefficient (Wildman–Crippen LogP) is 9.94. The fourth-order valence-electron chi connectivity index (χ4n) is 4.81. The van der Waals surface area contributed by atoms with Gasteiger partial charge in [0.15, 0.2) is 0 Å². The average Bonchev–Trinajstić information content (AvgIpc) is 2.88. The summed E-state index contributed by atoms with van der Waals surface area (Å²) in [6.07, 6.45) is 12.2. The van der Waals surface area contributed by atoms with Gasteiger partial charge in [-0.05, 0) is 68.7 Å². The molecule has 0 fully saturated rings. The van der Waals surface area contributed by atoms with Crippen molar-refractivity contribution in [3.8, 4) is 0 Å². The number of halogens is 3. The van der Waals surface area contributed by atoms with Crippen LogP contribution in [0, 0.1) is 11.3 Å². The maximum atomic E-state index is 12.0. The van der Waals surface area contributed by atoms with E-state index < -0.39 is 5.60 Å². The van der Waals surface area contributed by atoms with Crippen molar-refractivity contribution in [3.63, 3.8) is 0 Å². The first-order valence-electron chi connectivity index (χ1n) is 11.5. The smallest absolute Gasteiger partial charge is 0.0992 e. The Hall–Kier alpha value is 0.620. The summed E-state index contributed by atoms with van der Waals surface area (Å²) < 4.78 is 3.10. The van der Waals surface area contributed by atoms with Crippen molar-refractivity contribution < 1.29 is 5.11 Å². The van der Waals surface area contributed by atoms with Crippen molar-refractivity contribution in [2.75, 3.05) is 0 Å². The van der Waals surface area contributed by atoms with E-state index >= 15 is 0 Å². The summed E-state index contributed by atoms with van der Waals surface area (Å²) in [5.74, 6) is 0.288. The van der Waals surface area contributed by atoms with Gasteiger partial charge in [0.25, 0.3) is 0 Å². The Kier molecular flexibility index (Phi) is 12.0. The minimum atomic E-state index is -0.792. The van der Waals surface area contributed by atoms with Crippen molar-refractivity contribution in [3.05, 3.63) is 30.6 Å². The number of fused-ring (bicyclic) bond motifs is 1. The third-order valence-corrected chi connectivity index (χ3v) is 9.07. The molecule has 0 bridgehead atoms. The van der Waals surface area contributed by atoms with Crippen molar-refractivity contribution in [2.24, 2.45) is 11.3 Å². The summed E-state index contributed by atoms with van der Waals surface area (Å²) in [7, 11) is 0. The Morgan fingerprint density at radius 2 is 1.38 bits per heavy atom. The van der Waals surface area contributed by atoms with Crippen LogP contribution in [0.4, 0.5) is 0 Å². The van der Waals surface area contributed by atoms with Crippen LogP contribution >= 0.6 is 47.8 Å². The van der Waals surface area contributed by atoms with Crippen LogP contribution in [0.1, 0.15) is 110 Å². The van der Waals surface area contributed by atoms with E-state index in [0.717, 1.165) is 51.1 Å². The number of hydrogen-bond acceptors (Lipinski definition) is 1. The van der Waals surface area contributed by atoms with E-state index in [0.29, 0.717) is 0 Å². The first kappa shape index (κ1) is 27.7. The molecule has 4 heteroatoms. The van der Waals surface area contributed by atoms with Gasteiger partial charge < -0.3 is 5.11 Å². The zero-order valence-electron chi connectivity index (χ0n) is 19.3. The minimum absolute atomic E-state index is 0.170. The van der Waals surface area contributed by atoms with Crippen LogP contribution in [0.15, 0.2) is 19.5 Å². The van der Waals surface area contributed by atoms with Crippen LogP contribution in [0.2, 0.25) is 0 Å². The van der Waals surface area contributed by atoms with Crippen LogP contribution in [0.3, 0.4) is 0 Å². The Labute approximate surface area is 205 Å². The van der Waals surface area contributed by atoms with Crippen LogP contribution in [0.5, 0.6) is 0 Å². The summed E-state index contributed by atoms with van der Waals surface area (Å²) in [5.41, 5.74) is 1.38. The molecule has 1 N–H and O–H groups in total. The molecule has 2 rings (SSSR count). The summed E-state index contributed by atoms with van der Waals surface area (Å²) in [6, 6.07) is 2.08. The largest absolute Gasteiger partial charge is 0.384 e. The van der Waals surface area contributed by atoms with Gasteiger partial charge in [-0.3, -0.25) is 0 Å². The highest BCUT2D eigenvalue weighted by atomic mass is 79.9. The molecule has 0 radical (unpaired) electrons. The molecule has 1 aliphatic carbocycles. The van der Waals surface area contributed by atoms with E-state index in [4.69, 9.17) is 0 Å². The normalized spacial score (nSPS) is 19.8. The van der Waals surface area contributed by atoms with E-state index in [-0.39, 0.29) is 11.3 Å². The van der Waals surface area contributed by atoms with Crippen LogP contribution in [-0.2, 0) is 12.0 Å². The molecule has 1 unspecified atom stereocenters. The Balaban J connectivity index is 0.000000516. The third-order valence-electron chi connectivity index (χ3n) is 6.38. The zero-order chi connectivity index (χ0) is 22.2. The Morgan fingerprint density at radius 3 is 1.83 bits per heavy atom. The SMILES string of the molecule is CCCC(CCC)C1(O)c2c(Br)c(Br)cc(Br)c2CC1(C)C.CCCCCCC. The average molecular weight is 597 g/mol. The van der Waals surface area contributed by atoms with Gasteiger partial charge >= 0.3 is 0 Å². The fraction of sp³-hybridized carbons (Fsp3) is 0.760. The molecule has 1 aromatic rings. The molecule has 29 heavy (non-hydrogen) atoms. The summed E-state index contributed by atoms with van der Waals surface area (Å²) >= 11 is 11.1. The Morgan fingerprint density at radius 1 is 0.862 bits per heavy atom. The number of unbranched alkanes of at least 4 members (excludes halogenated alkanes) is 4. The fourth-order valence-corrected chi connectivity index (χ4v) is 6.77. The van der Waals surface area contributed by atoms with Crippen molar-refractivity contribution in [2.45, 2.75) is 111 Å². The standard InChI is InChI=1S/C18H25Br3O.C7H16/c1-5-7-11(8-6-2)18(22)15-12(10-17(18,3)4)13(19)9-14(20)16(15)21;1-3-5-7-6-4-2/h9,11,22H,5-8,10H2,1-4H3;3-7H2,1-2H3. The minimum Gasteiger partial charge on any atom is -0.384 e. The molecule has 1 nitrogen and oxygen atoms in total. The highest BCUT2D eigenvalue weighted by Gasteiger charge is 2.56. The van der Waals surface area contributed by atoms with Gasteiger partial charge in [-0.2, -0.15) is 0 Å². The topological polar surface area (TPSA) is 20.2 Å². The van der Waals surface area contributed by atoms with Gasteiger partial charge in [0, 0.05) is 24.4 Å². The third kappa shape index (κ3) is 6.33. The summed E-state index contributed by atoms with van der Waals surface area (Å²) in [4.78, 5) is 0. The second-order valence-corrected chi connectivity index (χ2v) is 11.7. The quantitative estimate of drug-likeness (QED) is 0.222. The number of aliphatic hydroxyl groups is 1. The summed E-state index contributed by atoms with van der Waals surface area (Å²) in [6.45, 7) is 13.3. The van der Waals surface area contributed by atoms with Crippen LogP contribution < -0.4 is 0 Å². The van der Waals surface area contributed by atoms with Gasteiger partial charge in [0.1, 0.15) is 0 Å². The van der Waals surface area contributed by atoms with E-state index in [1.54, 1.807) is 0 Å². The molecule has 0 spiro atoms.